The van der Waals surface area contributed by atoms with Gasteiger partial charge in [-0.3, -0.25) is 0 Å². The van der Waals surface area contributed by atoms with Crippen LogP contribution in [-0.2, 0) is 0 Å². The first-order valence-corrected chi connectivity index (χ1v) is 6.10. The molecule has 2 heteroatoms. The molecule has 0 bridgehead atoms. The van der Waals surface area contributed by atoms with E-state index in [1.807, 2.05) is 12.1 Å². The van der Waals surface area contributed by atoms with Crippen molar-refractivity contribution in [3.63, 3.8) is 0 Å². The fraction of sp³-hybridized carbons (Fsp3) is 0.500. The van der Waals surface area contributed by atoms with E-state index in [0.29, 0.717) is 5.92 Å². The van der Waals surface area contributed by atoms with Gasteiger partial charge in [0.1, 0.15) is 5.75 Å². The van der Waals surface area contributed by atoms with Gasteiger partial charge in [-0.15, -0.1) is 0 Å². The van der Waals surface area contributed by atoms with E-state index >= 15 is 0 Å². The molecule has 1 aromatic rings. The molecule has 0 saturated carbocycles. The first kappa shape index (κ1) is 11.6. The minimum Gasteiger partial charge on any atom is -0.496 e. The van der Waals surface area contributed by atoms with Crippen molar-refractivity contribution in [2.45, 2.75) is 25.7 Å². The molecule has 0 saturated heterocycles. The van der Waals surface area contributed by atoms with Gasteiger partial charge in [-0.05, 0) is 30.4 Å². The first-order chi connectivity index (χ1) is 6.79. The van der Waals surface area contributed by atoms with Gasteiger partial charge in [0.25, 0.3) is 0 Å². The Hall–Kier alpha value is -0.500. The van der Waals surface area contributed by atoms with E-state index in [2.05, 4.69) is 35.0 Å². The molecule has 0 heterocycles. The monoisotopic (exact) mass is 256 g/mol. The molecule has 0 aromatic heterocycles. The summed E-state index contributed by atoms with van der Waals surface area (Å²) in [5.41, 5.74) is 1.32. The molecule has 0 amide bonds. The molecule has 0 aliphatic heterocycles. The lowest BCUT2D eigenvalue weighted by Crippen LogP contribution is -1.97. The van der Waals surface area contributed by atoms with Crippen LogP contribution in [0.2, 0.25) is 0 Å². The van der Waals surface area contributed by atoms with E-state index in [1.54, 1.807) is 7.11 Å². The van der Waals surface area contributed by atoms with Gasteiger partial charge in [-0.2, -0.15) is 0 Å². The zero-order valence-electron chi connectivity index (χ0n) is 8.79. The lowest BCUT2D eigenvalue weighted by atomic mass is 9.96. The molecule has 1 atom stereocenters. The zero-order valence-corrected chi connectivity index (χ0v) is 10.4. The van der Waals surface area contributed by atoms with Crippen LogP contribution in [0.15, 0.2) is 24.3 Å². The standard InChI is InChI=1S/C12H17BrO/c1-10(6-5-9-13)11-7-3-4-8-12(11)14-2/h3-4,7-8,10H,5-6,9H2,1-2H3. The molecule has 0 fully saturated rings. The molecule has 0 aliphatic carbocycles. The van der Waals surface area contributed by atoms with Gasteiger partial charge in [-0.25, -0.2) is 0 Å². The second-order valence-electron chi connectivity index (χ2n) is 3.47. The Morgan fingerprint density at radius 3 is 2.71 bits per heavy atom. The van der Waals surface area contributed by atoms with Crippen molar-refractivity contribution in [2.24, 2.45) is 0 Å². The third-order valence-corrected chi connectivity index (χ3v) is 3.00. The molecule has 14 heavy (non-hydrogen) atoms. The van der Waals surface area contributed by atoms with Gasteiger partial charge in [-0.1, -0.05) is 41.1 Å². The summed E-state index contributed by atoms with van der Waals surface area (Å²) < 4.78 is 5.33. The predicted molar refractivity (Wildman–Crippen MR) is 64.4 cm³/mol. The summed E-state index contributed by atoms with van der Waals surface area (Å²) in [6, 6.07) is 8.26. The number of hydrogen-bond acceptors (Lipinski definition) is 1. The lowest BCUT2D eigenvalue weighted by Gasteiger charge is -2.14. The summed E-state index contributed by atoms with van der Waals surface area (Å²) in [5.74, 6) is 1.58. The molecule has 0 radical (unpaired) electrons. The molecule has 0 spiro atoms. The average Bonchev–Trinajstić information content (AvgIpc) is 2.25. The second kappa shape index (κ2) is 6.07. The Morgan fingerprint density at radius 1 is 1.36 bits per heavy atom. The van der Waals surface area contributed by atoms with Crippen molar-refractivity contribution < 1.29 is 4.74 Å². The van der Waals surface area contributed by atoms with E-state index in [1.165, 1.54) is 18.4 Å². The van der Waals surface area contributed by atoms with Crippen LogP contribution in [0, 0.1) is 0 Å². The van der Waals surface area contributed by atoms with Crippen LogP contribution >= 0.6 is 15.9 Å². The number of benzene rings is 1. The minimum absolute atomic E-state index is 0.573. The van der Waals surface area contributed by atoms with E-state index in [4.69, 9.17) is 4.74 Å². The normalized spacial score (nSPS) is 12.5. The SMILES string of the molecule is COc1ccccc1C(C)CCCBr. The van der Waals surface area contributed by atoms with Crippen LogP contribution in [0.5, 0.6) is 5.75 Å². The predicted octanol–water partition coefficient (Wildman–Crippen LogP) is 3.97. The third-order valence-electron chi connectivity index (χ3n) is 2.44. The molecular formula is C12H17BrO. The van der Waals surface area contributed by atoms with Gasteiger partial charge in [0, 0.05) is 5.33 Å². The molecule has 0 aliphatic rings. The molecule has 1 aromatic carbocycles. The second-order valence-corrected chi connectivity index (χ2v) is 4.27. The Bertz CT molecular complexity index is 273. The number of hydrogen-bond donors (Lipinski definition) is 0. The summed E-state index contributed by atoms with van der Waals surface area (Å²) in [4.78, 5) is 0. The van der Waals surface area contributed by atoms with Gasteiger partial charge in [0.15, 0.2) is 0 Å². The topological polar surface area (TPSA) is 9.23 Å². The van der Waals surface area contributed by atoms with Crippen molar-refractivity contribution >= 4 is 15.9 Å². The van der Waals surface area contributed by atoms with Crippen LogP contribution in [0.3, 0.4) is 0 Å². The van der Waals surface area contributed by atoms with Crippen molar-refractivity contribution in [1.82, 2.24) is 0 Å². The van der Waals surface area contributed by atoms with Crippen molar-refractivity contribution in [1.29, 1.82) is 0 Å². The third kappa shape index (κ3) is 3.02. The Labute approximate surface area is 94.6 Å². The highest BCUT2D eigenvalue weighted by atomic mass is 79.9. The first-order valence-electron chi connectivity index (χ1n) is 4.98. The number of alkyl halides is 1. The maximum Gasteiger partial charge on any atom is 0.122 e. The van der Waals surface area contributed by atoms with E-state index < -0.39 is 0 Å². The highest BCUT2D eigenvalue weighted by Gasteiger charge is 2.09. The average molecular weight is 257 g/mol. The molecule has 78 valence electrons. The van der Waals surface area contributed by atoms with Crippen LogP contribution in [0.25, 0.3) is 0 Å². The molecule has 1 nitrogen and oxygen atoms in total. The van der Waals surface area contributed by atoms with Crippen molar-refractivity contribution in [3.05, 3.63) is 29.8 Å². The van der Waals surface area contributed by atoms with Gasteiger partial charge < -0.3 is 4.74 Å². The number of rotatable bonds is 5. The van der Waals surface area contributed by atoms with E-state index in [0.717, 1.165) is 11.1 Å². The van der Waals surface area contributed by atoms with Crippen molar-refractivity contribution in [3.8, 4) is 5.75 Å². The van der Waals surface area contributed by atoms with Gasteiger partial charge in [0.05, 0.1) is 7.11 Å². The number of ether oxygens (including phenoxy) is 1. The molecule has 1 rings (SSSR count). The Kier molecular flexibility index (Phi) is 5.02. The van der Waals surface area contributed by atoms with E-state index in [9.17, 15) is 0 Å². The number of para-hydroxylation sites is 1. The van der Waals surface area contributed by atoms with Crippen LogP contribution < -0.4 is 4.74 Å². The fourth-order valence-electron chi connectivity index (χ4n) is 1.61. The summed E-state index contributed by atoms with van der Waals surface area (Å²) in [7, 11) is 1.73. The van der Waals surface area contributed by atoms with Crippen molar-refractivity contribution in [2.75, 3.05) is 12.4 Å². The van der Waals surface area contributed by atoms with Gasteiger partial charge >= 0.3 is 0 Å². The lowest BCUT2D eigenvalue weighted by molar-refractivity contribution is 0.405. The highest BCUT2D eigenvalue weighted by molar-refractivity contribution is 9.09. The number of halogens is 1. The van der Waals surface area contributed by atoms with Gasteiger partial charge in [0.2, 0.25) is 0 Å². The van der Waals surface area contributed by atoms with Crippen LogP contribution in [0.4, 0.5) is 0 Å². The molecular weight excluding hydrogens is 240 g/mol. The van der Waals surface area contributed by atoms with Crippen LogP contribution in [0.1, 0.15) is 31.2 Å². The zero-order chi connectivity index (χ0) is 10.4. The maximum absolute atomic E-state index is 5.33. The summed E-state index contributed by atoms with van der Waals surface area (Å²) in [5, 5.41) is 1.08. The largest absolute Gasteiger partial charge is 0.496 e. The molecule has 1 unspecified atom stereocenters. The summed E-state index contributed by atoms with van der Waals surface area (Å²) >= 11 is 3.45. The Morgan fingerprint density at radius 2 is 2.07 bits per heavy atom. The summed E-state index contributed by atoms with van der Waals surface area (Å²) in [6.07, 6.45) is 2.41. The van der Waals surface area contributed by atoms with E-state index in [-0.39, 0.29) is 0 Å². The smallest absolute Gasteiger partial charge is 0.122 e. The minimum atomic E-state index is 0.573. The van der Waals surface area contributed by atoms with Crippen LogP contribution in [-0.4, -0.2) is 12.4 Å². The number of methoxy groups -OCH3 is 1. The Balaban J connectivity index is 2.72. The highest BCUT2D eigenvalue weighted by Crippen LogP contribution is 2.29. The quantitative estimate of drug-likeness (QED) is 0.725. The summed E-state index contributed by atoms with van der Waals surface area (Å²) in [6.45, 7) is 2.25. The molecule has 0 N–H and O–H groups in total. The fourth-order valence-corrected chi connectivity index (χ4v) is 1.94. The maximum atomic E-state index is 5.33.